The summed E-state index contributed by atoms with van der Waals surface area (Å²) in [6.07, 6.45) is 0. The first-order valence-corrected chi connectivity index (χ1v) is 10.2. The summed E-state index contributed by atoms with van der Waals surface area (Å²) in [4.78, 5) is 16.9. The first kappa shape index (κ1) is 18.4. The summed E-state index contributed by atoms with van der Waals surface area (Å²) in [7, 11) is 4.19. The second kappa shape index (κ2) is 7.85. The molecule has 25 heavy (non-hydrogen) atoms. The fourth-order valence-electron chi connectivity index (χ4n) is 3.21. The molecule has 0 bridgehead atoms. The number of likely N-dealkylation sites (tertiary alicyclic amines) is 1. The summed E-state index contributed by atoms with van der Waals surface area (Å²) < 4.78 is 0.865. The Kier molecular flexibility index (Phi) is 5.76. The molecule has 5 nitrogen and oxygen atoms in total. The minimum Gasteiger partial charge on any atom is -0.340 e. The second-order valence-electron chi connectivity index (χ2n) is 6.72. The maximum absolute atomic E-state index is 12.7. The number of nitrogens with zero attached hydrogens (tertiary/aromatic N) is 4. The van der Waals surface area contributed by atoms with Crippen molar-refractivity contribution in [2.75, 3.05) is 32.9 Å². The number of rotatable bonds is 5. The summed E-state index contributed by atoms with van der Waals surface area (Å²) in [6, 6.07) is 9.05. The molecular formula is C18H24N4OS2. The Bertz CT molecular complexity index is 729. The molecule has 2 aromatic rings. The van der Waals surface area contributed by atoms with E-state index in [4.69, 9.17) is 0 Å². The Morgan fingerprint density at radius 2 is 1.96 bits per heavy atom. The Balaban J connectivity index is 1.66. The van der Waals surface area contributed by atoms with Gasteiger partial charge in [0.25, 0.3) is 0 Å². The molecule has 0 spiro atoms. The first-order chi connectivity index (χ1) is 11.9. The van der Waals surface area contributed by atoms with Gasteiger partial charge >= 0.3 is 0 Å². The first-order valence-electron chi connectivity index (χ1n) is 8.37. The molecule has 1 fully saturated rings. The standard InChI is InChI=1S/C18H24N4OS2/c1-12-5-7-14(8-6-12)15-9-22(10-16(15)21(3)4)17(23)11-24-18-20-19-13(2)25-18/h5-8,15-16H,9-11H2,1-4H3/t15-,16+/m0/s1. The zero-order valence-corrected chi connectivity index (χ0v) is 16.7. The average Bonchev–Trinajstić information content (AvgIpc) is 3.20. The van der Waals surface area contributed by atoms with Crippen molar-refractivity contribution in [3.63, 3.8) is 0 Å². The fourth-order valence-corrected chi connectivity index (χ4v) is 4.92. The van der Waals surface area contributed by atoms with Crippen LogP contribution in [-0.4, -0.2) is 64.9 Å². The number of amides is 1. The molecule has 134 valence electrons. The van der Waals surface area contributed by atoms with Crippen LogP contribution in [0, 0.1) is 13.8 Å². The highest BCUT2D eigenvalue weighted by Crippen LogP contribution is 2.31. The number of hydrogen-bond donors (Lipinski definition) is 0. The lowest BCUT2D eigenvalue weighted by molar-refractivity contribution is -0.127. The third-order valence-electron chi connectivity index (χ3n) is 4.64. The lowest BCUT2D eigenvalue weighted by Crippen LogP contribution is -2.36. The quantitative estimate of drug-likeness (QED) is 0.751. The van der Waals surface area contributed by atoms with E-state index in [1.54, 1.807) is 0 Å². The molecule has 1 aromatic carbocycles. The van der Waals surface area contributed by atoms with Gasteiger partial charge in [0.05, 0.1) is 5.75 Å². The van der Waals surface area contributed by atoms with Crippen molar-refractivity contribution in [1.29, 1.82) is 0 Å². The molecule has 0 unspecified atom stereocenters. The van der Waals surface area contributed by atoms with Crippen LogP contribution in [0.1, 0.15) is 22.1 Å². The van der Waals surface area contributed by atoms with Crippen LogP contribution in [0.2, 0.25) is 0 Å². The van der Waals surface area contributed by atoms with Crippen molar-refractivity contribution < 1.29 is 4.79 Å². The number of aromatic nitrogens is 2. The van der Waals surface area contributed by atoms with E-state index in [0.29, 0.717) is 17.7 Å². The molecule has 0 saturated carbocycles. The highest BCUT2D eigenvalue weighted by Gasteiger charge is 2.37. The number of benzene rings is 1. The molecule has 2 atom stereocenters. The molecule has 0 radical (unpaired) electrons. The van der Waals surface area contributed by atoms with E-state index in [1.807, 2.05) is 11.8 Å². The van der Waals surface area contributed by atoms with Crippen LogP contribution in [0.15, 0.2) is 28.6 Å². The summed E-state index contributed by atoms with van der Waals surface area (Å²) >= 11 is 3.02. The zero-order valence-electron chi connectivity index (χ0n) is 15.1. The third kappa shape index (κ3) is 4.40. The minimum atomic E-state index is 0.180. The number of aryl methyl sites for hydroxylation is 2. The van der Waals surface area contributed by atoms with Crippen LogP contribution < -0.4 is 0 Å². The Morgan fingerprint density at radius 1 is 1.24 bits per heavy atom. The summed E-state index contributed by atoms with van der Waals surface area (Å²) in [5.41, 5.74) is 2.58. The molecule has 7 heteroatoms. The van der Waals surface area contributed by atoms with E-state index >= 15 is 0 Å². The molecule has 1 aliphatic heterocycles. The molecular weight excluding hydrogens is 352 g/mol. The average molecular weight is 377 g/mol. The molecule has 1 amide bonds. The van der Waals surface area contributed by atoms with E-state index in [1.165, 1.54) is 34.2 Å². The van der Waals surface area contributed by atoms with Gasteiger partial charge in [-0.2, -0.15) is 0 Å². The van der Waals surface area contributed by atoms with Gasteiger partial charge in [0.2, 0.25) is 5.91 Å². The number of thioether (sulfide) groups is 1. The molecule has 0 aliphatic carbocycles. The summed E-state index contributed by atoms with van der Waals surface area (Å²) in [6.45, 7) is 5.59. The van der Waals surface area contributed by atoms with Gasteiger partial charge < -0.3 is 9.80 Å². The normalized spacial score (nSPS) is 20.4. The van der Waals surface area contributed by atoms with Crippen molar-refractivity contribution in [2.24, 2.45) is 0 Å². The van der Waals surface area contributed by atoms with E-state index in [2.05, 4.69) is 60.4 Å². The van der Waals surface area contributed by atoms with Gasteiger partial charge in [-0.3, -0.25) is 4.79 Å². The Labute approximate surface area is 157 Å². The predicted octanol–water partition coefficient (Wildman–Crippen LogP) is 2.80. The zero-order chi connectivity index (χ0) is 18.0. The molecule has 0 N–H and O–H groups in total. The summed E-state index contributed by atoms with van der Waals surface area (Å²) in [5.74, 6) is 0.961. The maximum Gasteiger partial charge on any atom is 0.233 e. The topological polar surface area (TPSA) is 49.3 Å². The highest BCUT2D eigenvalue weighted by molar-refractivity contribution is 8.01. The van der Waals surface area contributed by atoms with Crippen LogP contribution in [0.4, 0.5) is 0 Å². The Morgan fingerprint density at radius 3 is 2.56 bits per heavy atom. The van der Waals surface area contributed by atoms with Crippen LogP contribution >= 0.6 is 23.1 Å². The lowest BCUT2D eigenvalue weighted by atomic mass is 9.93. The maximum atomic E-state index is 12.7. The van der Waals surface area contributed by atoms with Crippen LogP contribution in [-0.2, 0) is 4.79 Å². The third-order valence-corrected chi connectivity index (χ3v) is 6.59. The SMILES string of the molecule is Cc1ccc([C@@H]2CN(C(=O)CSc3nnc(C)s3)C[C@H]2N(C)C)cc1. The van der Waals surface area contributed by atoms with Gasteiger partial charge in [-0.25, -0.2) is 0 Å². The van der Waals surface area contributed by atoms with E-state index in [9.17, 15) is 4.79 Å². The van der Waals surface area contributed by atoms with Crippen molar-refractivity contribution in [2.45, 2.75) is 30.1 Å². The van der Waals surface area contributed by atoms with Crippen molar-refractivity contribution in [3.05, 3.63) is 40.4 Å². The summed E-state index contributed by atoms with van der Waals surface area (Å²) in [5, 5.41) is 9.02. The molecule has 3 rings (SSSR count). The van der Waals surface area contributed by atoms with E-state index < -0.39 is 0 Å². The number of likely N-dealkylation sites (N-methyl/N-ethyl adjacent to an activating group) is 1. The highest BCUT2D eigenvalue weighted by atomic mass is 32.2. The smallest absolute Gasteiger partial charge is 0.233 e. The van der Waals surface area contributed by atoms with Crippen molar-refractivity contribution in [1.82, 2.24) is 20.0 Å². The monoisotopic (exact) mass is 376 g/mol. The van der Waals surface area contributed by atoms with Gasteiger partial charge in [0.15, 0.2) is 4.34 Å². The van der Waals surface area contributed by atoms with Crippen molar-refractivity contribution in [3.8, 4) is 0 Å². The van der Waals surface area contributed by atoms with Gasteiger partial charge in [0, 0.05) is 25.0 Å². The van der Waals surface area contributed by atoms with Gasteiger partial charge in [-0.1, -0.05) is 52.9 Å². The largest absolute Gasteiger partial charge is 0.340 e. The van der Waals surface area contributed by atoms with E-state index in [0.717, 1.165) is 22.4 Å². The number of carbonyl (C=O) groups is 1. The van der Waals surface area contributed by atoms with Crippen LogP contribution in [0.25, 0.3) is 0 Å². The molecule has 1 aromatic heterocycles. The van der Waals surface area contributed by atoms with Gasteiger partial charge in [-0.05, 0) is 33.5 Å². The Hall–Kier alpha value is -1.44. The second-order valence-corrected chi connectivity index (χ2v) is 9.13. The van der Waals surface area contributed by atoms with Crippen molar-refractivity contribution >= 4 is 29.0 Å². The van der Waals surface area contributed by atoms with Crippen LogP contribution in [0.5, 0.6) is 0 Å². The predicted molar refractivity (Wildman–Crippen MR) is 103 cm³/mol. The lowest BCUT2D eigenvalue weighted by Gasteiger charge is -2.25. The minimum absolute atomic E-state index is 0.180. The number of hydrogen-bond acceptors (Lipinski definition) is 6. The van der Waals surface area contributed by atoms with E-state index in [-0.39, 0.29) is 5.91 Å². The molecule has 1 aliphatic rings. The van der Waals surface area contributed by atoms with Crippen LogP contribution in [0.3, 0.4) is 0 Å². The van der Waals surface area contributed by atoms with Gasteiger partial charge in [0.1, 0.15) is 5.01 Å². The fraction of sp³-hybridized carbons (Fsp3) is 0.500. The van der Waals surface area contributed by atoms with Gasteiger partial charge in [-0.15, -0.1) is 10.2 Å². The number of carbonyl (C=O) groups excluding carboxylic acids is 1. The molecule has 2 heterocycles. The molecule has 1 saturated heterocycles.